The summed E-state index contributed by atoms with van der Waals surface area (Å²) in [5.74, 6) is 0. The van der Waals surface area contributed by atoms with E-state index in [-0.39, 0.29) is 4.90 Å². The lowest BCUT2D eigenvalue weighted by Gasteiger charge is -2.10. The van der Waals surface area contributed by atoms with Crippen molar-refractivity contribution < 1.29 is 8.42 Å². The molecular weight excluding hydrogens is 385 g/mol. The van der Waals surface area contributed by atoms with E-state index in [1.807, 2.05) is 6.92 Å². The van der Waals surface area contributed by atoms with E-state index in [4.69, 9.17) is 23.2 Å². The Kier molecular flexibility index (Phi) is 4.64. The Labute approximate surface area is 136 Å². The fourth-order valence-electron chi connectivity index (χ4n) is 1.55. The van der Waals surface area contributed by atoms with E-state index in [1.165, 1.54) is 12.1 Å². The zero-order valence-electron chi connectivity index (χ0n) is 10.3. The highest BCUT2D eigenvalue weighted by Gasteiger charge is 2.15. The van der Waals surface area contributed by atoms with Gasteiger partial charge in [-0.3, -0.25) is 4.72 Å². The summed E-state index contributed by atoms with van der Waals surface area (Å²) >= 11 is 15.1. The molecule has 0 unspecified atom stereocenters. The molecule has 0 atom stereocenters. The molecule has 0 heterocycles. The maximum Gasteiger partial charge on any atom is 0.261 e. The molecule has 3 nitrogen and oxygen atoms in total. The number of benzene rings is 2. The molecule has 0 aliphatic rings. The largest absolute Gasteiger partial charge is 0.280 e. The predicted molar refractivity (Wildman–Crippen MR) is 86.1 cm³/mol. The standard InChI is InChI=1S/C13H10BrCl2NO2S/c1-8-2-4-10(5-3-8)20(18,19)17-9-6-11(15)13(14)12(16)7-9/h2-7,17H,1H3. The van der Waals surface area contributed by atoms with Crippen molar-refractivity contribution in [3.8, 4) is 0 Å². The number of halogens is 3. The third kappa shape index (κ3) is 3.47. The van der Waals surface area contributed by atoms with Gasteiger partial charge in [-0.1, -0.05) is 40.9 Å². The first-order chi connectivity index (χ1) is 9.29. The van der Waals surface area contributed by atoms with Crippen molar-refractivity contribution in [2.45, 2.75) is 11.8 Å². The quantitative estimate of drug-likeness (QED) is 0.755. The summed E-state index contributed by atoms with van der Waals surface area (Å²) < 4.78 is 27.4. The molecule has 0 saturated heterocycles. The first kappa shape index (κ1) is 15.6. The minimum Gasteiger partial charge on any atom is -0.280 e. The normalized spacial score (nSPS) is 11.4. The van der Waals surface area contributed by atoms with Crippen molar-refractivity contribution in [1.29, 1.82) is 0 Å². The number of aryl methyl sites for hydroxylation is 1. The van der Waals surface area contributed by atoms with Gasteiger partial charge in [0.1, 0.15) is 0 Å². The molecule has 0 aliphatic carbocycles. The molecule has 0 aliphatic heterocycles. The van der Waals surface area contributed by atoms with E-state index in [1.54, 1.807) is 24.3 Å². The number of hydrogen-bond donors (Lipinski definition) is 1. The van der Waals surface area contributed by atoms with Gasteiger partial charge in [-0.15, -0.1) is 0 Å². The number of nitrogens with one attached hydrogen (secondary N) is 1. The lowest BCUT2D eigenvalue weighted by molar-refractivity contribution is 0.601. The fourth-order valence-corrected chi connectivity index (χ4v) is 3.30. The van der Waals surface area contributed by atoms with Crippen molar-refractivity contribution in [3.05, 3.63) is 56.5 Å². The number of hydrogen-bond acceptors (Lipinski definition) is 2. The molecule has 0 saturated carbocycles. The lowest BCUT2D eigenvalue weighted by Crippen LogP contribution is -2.12. The molecule has 2 aromatic carbocycles. The van der Waals surface area contributed by atoms with E-state index in [9.17, 15) is 8.42 Å². The van der Waals surface area contributed by atoms with Crippen LogP contribution in [0.15, 0.2) is 45.8 Å². The van der Waals surface area contributed by atoms with E-state index >= 15 is 0 Å². The Morgan fingerprint density at radius 1 is 1.05 bits per heavy atom. The molecule has 0 radical (unpaired) electrons. The first-order valence-electron chi connectivity index (χ1n) is 5.53. The lowest BCUT2D eigenvalue weighted by atomic mass is 10.2. The minimum absolute atomic E-state index is 0.179. The molecule has 106 valence electrons. The third-order valence-corrected chi connectivity index (χ3v) is 5.87. The number of rotatable bonds is 3. The Balaban J connectivity index is 2.36. The van der Waals surface area contributed by atoms with Gasteiger partial charge in [0, 0.05) is 0 Å². The molecule has 1 N–H and O–H groups in total. The maximum atomic E-state index is 12.2. The van der Waals surface area contributed by atoms with Gasteiger partial charge in [-0.25, -0.2) is 8.42 Å². The summed E-state index contributed by atoms with van der Waals surface area (Å²) in [6.07, 6.45) is 0. The van der Waals surface area contributed by atoms with E-state index in [0.717, 1.165) is 5.56 Å². The molecule has 0 amide bonds. The minimum atomic E-state index is -3.66. The average molecular weight is 395 g/mol. The van der Waals surface area contributed by atoms with E-state index in [0.29, 0.717) is 20.2 Å². The van der Waals surface area contributed by atoms with Crippen LogP contribution in [-0.4, -0.2) is 8.42 Å². The Hall–Kier alpha value is -0.750. The van der Waals surface area contributed by atoms with Crippen LogP contribution in [0, 0.1) is 6.92 Å². The Morgan fingerprint density at radius 2 is 1.55 bits per heavy atom. The molecular formula is C13H10BrCl2NO2S. The van der Waals surface area contributed by atoms with Crippen LogP contribution < -0.4 is 4.72 Å². The van der Waals surface area contributed by atoms with Gasteiger partial charge in [0.15, 0.2) is 0 Å². The first-order valence-corrected chi connectivity index (χ1v) is 8.57. The highest BCUT2D eigenvalue weighted by Crippen LogP contribution is 2.34. The molecule has 2 aromatic rings. The van der Waals surface area contributed by atoms with Gasteiger partial charge in [0.25, 0.3) is 10.0 Å². The number of anilines is 1. The third-order valence-electron chi connectivity index (χ3n) is 2.57. The average Bonchev–Trinajstić information content (AvgIpc) is 2.36. The summed E-state index contributed by atoms with van der Waals surface area (Å²) in [6, 6.07) is 9.53. The van der Waals surface area contributed by atoms with Gasteiger partial charge >= 0.3 is 0 Å². The van der Waals surface area contributed by atoms with Crippen molar-refractivity contribution in [1.82, 2.24) is 0 Å². The Bertz CT molecular complexity index is 722. The zero-order chi connectivity index (χ0) is 14.9. The van der Waals surface area contributed by atoms with Crippen LogP contribution in [0.3, 0.4) is 0 Å². The number of sulfonamides is 1. The molecule has 0 bridgehead atoms. The second kappa shape index (κ2) is 5.93. The van der Waals surface area contributed by atoms with Crippen LogP contribution in [0.1, 0.15) is 5.56 Å². The smallest absolute Gasteiger partial charge is 0.261 e. The Morgan fingerprint density at radius 3 is 2.05 bits per heavy atom. The van der Waals surface area contributed by atoms with Crippen molar-refractivity contribution >= 4 is 54.8 Å². The van der Waals surface area contributed by atoms with Crippen LogP contribution in [0.25, 0.3) is 0 Å². The van der Waals surface area contributed by atoms with Crippen LogP contribution >= 0.6 is 39.1 Å². The molecule has 7 heteroatoms. The molecule has 0 aromatic heterocycles. The maximum absolute atomic E-state index is 12.2. The van der Waals surface area contributed by atoms with Gasteiger partial charge in [-0.2, -0.15) is 0 Å². The summed E-state index contributed by atoms with van der Waals surface area (Å²) in [5.41, 5.74) is 1.29. The monoisotopic (exact) mass is 393 g/mol. The summed E-state index contributed by atoms with van der Waals surface area (Å²) in [7, 11) is -3.66. The van der Waals surface area contributed by atoms with Crippen molar-refractivity contribution in [2.75, 3.05) is 4.72 Å². The van der Waals surface area contributed by atoms with Crippen molar-refractivity contribution in [3.63, 3.8) is 0 Å². The van der Waals surface area contributed by atoms with Gasteiger partial charge < -0.3 is 0 Å². The van der Waals surface area contributed by atoms with Gasteiger partial charge in [0.05, 0.1) is 25.1 Å². The second-order valence-electron chi connectivity index (χ2n) is 4.17. The summed E-state index contributed by atoms with van der Waals surface area (Å²) in [4.78, 5) is 0.179. The second-order valence-corrected chi connectivity index (χ2v) is 7.46. The summed E-state index contributed by atoms with van der Waals surface area (Å²) in [6.45, 7) is 1.89. The zero-order valence-corrected chi connectivity index (χ0v) is 14.2. The highest BCUT2D eigenvalue weighted by molar-refractivity contribution is 9.10. The van der Waals surface area contributed by atoms with Crippen molar-refractivity contribution in [2.24, 2.45) is 0 Å². The van der Waals surface area contributed by atoms with Gasteiger partial charge in [0.2, 0.25) is 0 Å². The SMILES string of the molecule is Cc1ccc(S(=O)(=O)Nc2cc(Cl)c(Br)c(Cl)c2)cc1. The van der Waals surface area contributed by atoms with Crippen LogP contribution in [0.2, 0.25) is 10.0 Å². The van der Waals surface area contributed by atoms with Gasteiger partial charge in [-0.05, 0) is 47.1 Å². The molecule has 20 heavy (non-hydrogen) atoms. The molecule has 0 fully saturated rings. The predicted octanol–water partition coefficient (Wildman–Crippen LogP) is 4.87. The van der Waals surface area contributed by atoms with E-state index < -0.39 is 10.0 Å². The van der Waals surface area contributed by atoms with Crippen LogP contribution in [0.5, 0.6) is 0 Å². The fraction of sp³-hybridized carbons (Fsp3) is 0.0769. The van der Waals surface area contributed by atoms with Crippen LogP contribution in [0.4, 0.5) is 5.69 Å². The van der Waals surface area contributed by atoms with Crippen LogP contribution in [-0.2, 0) is 10.0 Å². The highest BCUT2D eigenvalue weighted by atomic mass is 79.9. The van der Waals surface area contributed by atoms with E-state index in [2.05, 4.69) is 20.7 Å². The summed E-state index contributed by atoms with van der Waals surface area (Å²) in [5, 5.41) is 0.665. The molecule has 2 rings (SSSR count). The molecule has 0 spiro atoms. The topological polar surface area (TPSA) is 46.2 Å².